The smallest absolute Gasteiger partial charge is 0.319 e. The number of rotatable bonds is 15. The molecule has 1 saturated carbocycles. The van der Waals surface area contributed by atoms with Crippen LogP contribution in [0.5, 0.6) is 11.8 Å². The van der Waals surface area contributed by atoms with Crippen LogP contribution in [0.3, 0.4) is 0 Å². The minimum Gasteiger partial charge on any atom is -0.461 e. The Morgan fingerprint density at radius 1 is 1.02 bits per heavy atom. The fraction of sp³-hybridized carbons (Fsp3) is 0.591. The molecule has 8 rings (SSSR count). The van der Waals surface area contributed by atoms with Gasteiger partial charge in [-0.2, -0.15) is 9.97 Å². The highest BCUT2D eigenvalue weighted by Gasteiger charge is 2.49. The van der Waals surface area contributed by atoms with Crippen LogP contribution in [0.2, 0.25) is 0 Å². The number of esters is 1. The van der Waals surface area contributed by atoms with Gasteiger partial charge < -0.3 is 19.5 Å². The number of hydrogen-bond acceptors (Lipinski definition) is 9. The first-order valence-electron chi connectivity index (χ1n) is 20.9. The van der Waals surface area contributed by atoms with E-state index in [9.17, 15) is 14.3 Å². The molecule has 4 aromatic rings. The number of ether oxygens (including phenoxy) is 2. The number of alkyl halides is 1. The summed E-state index contributed by atoms with van der Waals surface area (Å²) in [4.78, 5) is 31.4. The van der Waals surface area contributed by atoms with Crippen LogP contribution < -0.4 is 14.4 Å². The van der Waals surface area contributed by atoms with Crippen molar-refractivity contribution in [1.82, 2.24) is 19.9 Å². The van der Waals surface area contributed by atoms with Gasteiger partial charge in [-0.1, -0.05) is 58.4 Å². The number of carbonyl (C=O) groups excluding carboxylic acids is 1. The predicted octanol–water partition coefficient (Wildman–Crippen LogP) is 8.89. The molecule has 4 aliphatic rings. The average Bonchev–Trinajstić information content (AvgIpc) is 3.80. The molecule has 1 aliphatic carbocycles. The van der Waals surface area contributed by atoms with Gasteiger partial charge in [0.2, 0.25) is 0 Å². The summed E-state index contributed by atoms with van der Waals surface area (Å²) in [6.07, 6.45) is 12.0. The van der Waals surface area contributed by atoms with E-state index in [1.54, 1.807) is 24.4 Å². The Kier molecular flexibility index (Phi) is 11.4. The summed E-state index contributed by atoms with van der Waals surface area (Å²) in [6.45, 7) is 6.57. The molecule has 0 radical (unpaired) electrons. The van der Waals surface area contributed by atoms with Crippen LogP contribution in [0.15, 0.2) is 30.5 Å². The van der Waals surface area contributed by atoms with E-state index in [4.69, 9.17) is 14.5 Å². The van der Waals surface area contributed by atoms with E-state index in [1.807, 2.05) is 6.92 Å². The van der Waals surface area contributed by atoms with Crippen molar-refractivity contribution < 1.29 is 32.5 Å². The van der Waals surface area contributed by atoms with E-state index in [0.717, 1.165) is 51.5 Å². The molecule has 0 spiro atoms. The number of piperidine rings is 1. The third-order valence-electron chi connectivity index (χ3n) is 12.8. The number of aliphatic hydroxyl groups is 1. The Morgan fingerprint density at radius 3 is 2.64 bits per heavy atom. The lowest BCUT2D eigenvalue weighted by molar-refractivity contribution is -0.134. The molecule has 300 valence electrons. The van der Waals surface area contributed by atoms with Crippen molar-refractivity contribution >= 4 is 33.5 Å². The second kappa shape index (κ2) is 16.4. The van der Waals surface area contributed by atoms with E-state index in [2.05, 4.69) is 26.7 Å². The molecule has 0 unspecified atom stereocenters. The van der Waals surface area contributed by atoms with E-state index >= 15 is 8.78 Å². The summed E-state index contributed by atoms with van der Waals surface area (Å²) in [5.74, 6) is -0.498. The van der Waals surface area contributed by atoms with Crippen molar-refractivity contribution in [3.63, 3.8) is 0 Å². The summed E-state index contributed by atoms with van der Waals surface area (Å²) in [7, 11) is 0. The zero-order valence-electron chi connectivity index (χ0n) is 32.7. The molecule has 0 amide bonds. The maximum atomic E-state index is 17.4. The highest BCUT2D eigenvalue weighted by molar-refractivity contribution is 6.02. The fourth-order valence-corrected chi connectivity index (χ4v) is 10.1. The average molecular weight is 774 g/mol. The van der Waals surface area contributed by atoms with Gasteiger partial charge in [-0.25, -0.2) is 13.2 Å². The standard InChI is InChI=1S/C44H54F3N5O4/c1-3-5-6-7-8-9-10-12-37(54)56-31-19-28-13-14-35(46)32(4-2)38(28)33(20-31)40-39(47)41-34(22-48-40)42(51-23-27-17-29(24-51)36(53)18-27)50-43(49-41)55-26-44-15-11-16-52(44)25-30(45)21-44/h13-14,19-20,22,27,29-30,36,53H,3-12,15-18,21,23-26H2,1-2H3/t27-,29-,30-,36-,44+/m1/s1. The van der Waals surface area contributed by atoms with Crippen LogP contribution in [-0.2, 0) is 11.2 Å². The van der Waals surface area contributed by atoms with Crippen molar-refractivity contribution in [2.75, 3.05) is 37.7 Å². The molecule has 5 atom stereocenters. The summed E-state index contributed by atoms with van der Waals surface area (Å²) >= 11 is 0. The van der Waals surface area contributed by atoms with Crippen molar-refractivity contribution in [1.29, 1.82) is 0 Å². The van der Waals surface area contributed by atoms with Crippen LogP contribution in [0.25, 0.3) is 32.9 Å². The number of nitrogens with zero attached hydrogens (tertiary/aromatic N) is 5. The molecule has 9 nitrogen and oxygen atoms in total. The normalized spacial score (nSPS) is 24.7. The summed E-state index contributed by atoms with van der Waals surface area (Å²) in [5, 5.41) is 12.2. The van der Waals surface area contributed by atoms with E-state index in [-0.39, 0.29) is 53.8 Å². The Hall–Kier alpha value is -4.03. The molecular weight excluding hydrogens is 720 g/mol. The number of aryl methyl sites for hydroxylation is 1. The number of benzene rings is 2. The number of anilines is 1. The van der Waals surface area contributed by atoms with Gasteiger partial charge in [0.25, 0.3) is 0 Å². The zero-order chi connectivity index (χ0) is 39.0. The lowest BCUT2D eigenvalue weighted by atomic mass is 9.94. The Morgan fingerprint density at radius 2 is 1.84 bits per heavy atom. The molecule has 2 aromatic carbocycles. The van der Waals surface area contributed by atoms with Gasteiger partial charge in [0.1, 0.15) is 41.4 Å². The van der Waals surface area contributed by atoms with E-state index in [1.165, 1.54) is 25.3 Å². The van der Waals surface area contributed by atoms with Gasteiger partial charge in [-0.15, -0.1) is 0 Å². The zero-order valence-corrected chi connectivity index (χ0v) is 32.7. The number of halogens is 3. The molecule has 2 bridgehead atoms. The van der Waals surface area contributed by atoms with Crippen LogP contribution in [0.4, 0.5) is 19.0 Å². The predicted molar refractivity (Wildman–Crippen MR) is 211 cm³/mol. The maximum Gasteiger partial charge on any atom is 0.319 e. The van der Waals surface area contributed by atoms with Gasteiger partial charge in [-0.05, 0) is 85.5 Å². The molecule has 56 heavy (non-hydrogen) atoms. The number of fused-ring (bicyclic) bond motifs is 5. The monoisotopic (exact) mass is 773 g/mol. The van der Waals surface area contributed by atoms with E-state index < -0.39 is 29.4 Å². The first-order valence-corrected chi connectivity index (χ1v) is 20.9. The molecule has 3 saturated heterocycles. The fourth-order valence-electron chi connectivity index (χ4n) is 10.1. The summed E-state index contributed by atoms with van der Waals surface area (Å²) in [6, 6.07) is 6.25. The molecule has 1 N–H and O–H groups in total. The second-order valence-electron chi connectivity index (χ2n) is 16.7. The molecule has 5 heterocycles. The lowest BCUT2D eigenvalue weighted by Crippen LogP contribution is -2.43. The molecule has 4 fully saturated rings. The minimum atomic E-state index is -0.934. The molecule has 2 aromatic heterocycles. The first kappa shape index (κ1) is 38.8. The highest BCUT2D eigenvalue weighted by Crippen LogP contribution is 2.44. The van der Waals surface area contributed by atoms with Crippen molar-refractivity contribution in [3.05, 3.63) is 47.7 Å². The third-order valence-corrected chi connectivity index (χ3v) is 12.8. The minimum absolute atomic E-state index is 0.00651. The maximum absolute atomic E-state index is 17.4. The van der Waals surface area contributed by atoms with Gasteiger partial charge in [-0.3, -0.25) is 14.7 Å². The highest BCUT2D eigenvalue weighted by atomic mass is 19.1. The van der Waals surface area contributed by atoms with Crippen LogP contribution in [0, 0.1) is 23.5 Å². The van der Waals surface area contributed by atoms with Crippen LogP contribution >= 0.6 is 0 Å². The van der Waals surface area contributed by atoms with Gasteiger partial charge in [0.15, 0.2) is 5.82 Å². The Labute approximate surface area is 327 Å². The Balaban J connectivity index is 1.17. The largest absolute Gasteiger partial charge is 0.461 e. The molecule has 12 heteroatoms. The van der Waals surface area contributed by atoms with E-state index in [0.29, 0.717) is 72.0 Å². The Bertz CT molecular complexity index is 2080. The number of carbonyl (C=O) groups is 1. The number of hydrogen-bond donors (Lipinski definition) is 1. The SMILES string of the molecule is CCCCCCCCCC(=O)Oc1cc(-c2ncc3c(N4C[C@@H]5C[C@H](C4)[C@H](O)C5)nc(OC[C@@]45CCCN4C[C@H](F)C5)nc3c2F)c2c(CC)c(F)ccc2c1. The first-order chi connectivity index (χ1) is 27.2. The quantitative estimate of drug-likeness (QED) is 0.0722. The summed E-state index contributed by atoms with van der Waals surface area (Å²) < 4.78 is 59.6. The second-order valence-corrected chi connectivity index (χ2v) is 16.7. The van der Waals surface area contributed by atoms with Gasteiger partial charge >= 0.3 is 12.0 Å². The van der Waals surface area contributed by atoms with Crippen LogP contribution in [0.1, 0.15) is 103 Å². The van der Waals surface area contributed by atoms with Crippen molar-refractivity contribution in [2.24, 2.45) is 11.8 Å². The topological polar surface area (TPSA) is 101 Å². The third kappa shape index (κ3) is 7.67. The van der Waals surface area contributed by atoms with Crippen molar-refractivity contribution in [2.45, 2.75) is 122 Å². The van der Waals surface area contributed by atoms with Crippen molar-refractivity contribution in [3.8, 4) is 23.0 Å². The molecular formula is C44H54F3N5O4. The number of unbranched alkanes of at least 4 members (excludes halogenated alkanes) is 6. The molecule has 3 aliphatic heterocycles. The summed E-state index contributed by atoms with van der Waals surface area (Å²) in [5.41, 5.74) is 0.166. The number of aliphatic hydroxyl groups excluding tert-OH is 1. The van der Waals surface area contributed by atoms with Gasteiger partial charge in [0.05, 0.1) is 17.0 Å². The van der Waals surface area contributed by atoms with Gasteiger partial charge in [0, 0.05) is 50.2 Å². The number of pyridine rings is 1. The lowest BCUT2D eigenvalue weighted by Gasteiger charge is -2.34. The van der Waals surface area contributed by atoms with Crippen LogP contribution in [-0.4, -0.2) is 81.5 Å². The number of aromatic nitrogens is 3.